The second kappa shape index (κ2) is 5.19. The van der Waals surface area contributed by atoms with Crippen molar-refractivity contribution in [2.75, 3.05) is 17.6 Å². The van der Waals surface area contributed by atoms with Gasteiger partial charge in [0.25, 0.3) is 0 Å². The zero-order chi connectivity index (χ0) is 9.52. The predicted molar refractivity (Wildman–Crippen MR) is 56.6 cm³/mol. The predicted octanol–water partition coefficient (Wildman–Crippen LogP) is 2.04. The Morgan fingerprint density at radius 1 is 1.46 bits per heavy atom. The maximum Gasteiger partial charge on any atom is 0.123 e. The van der Waals surface area contributed by atoms with Gasteiger partial charge in [-0.05, 0) is 18.6 Å². The first-order chi connectivity index (χ1) is 6.33. The fourth-order valence-electron chi connectivity index (χ4n) is 0.937. The second-order valence-electron chi connectivity index (χ2n) is 2.73. The van der Waals surface area contributed by atoms with Gasteiger partial charge in [0.1, 0.15) is 5.82 Å². The summed E-state index contributed by atoms with van der Waals surface area (Å²) in [5, 5.41) is 3.20. The van der Waals surface area contributed by atoms with Crippen molar-refractivity contribution in [3.63, 3.8) is 0 Å². The summed E-state index contributed by atoms with van der Waals surface area (Å²) in [7, 11) is 0. The molecule has 0 fully saturated rings. The molecule has 0 spiro atoms. The highest BCUT2D eigenvalue weighted by Gasteiger charge is 1.88. The maximum atomic E-state index is 5.45. The van der Waals surface area contributed by atoms with E-state index >= 15 is 0 Å². The number of rotatable bonds is 4. The van der Waals surface area contributed by atoms with Gasteiger partial charge in [0.15, 0.2) is 0 Å². The number of nitrogens with zero attached hydrogens (tertiary/aromatic N) is 1. The van der Waals surface area contributed by atoms with E-state index in [0.29, 0.717) is 5.82 Å². The number of hydrogen-bond donors (Lipinski definition) is 2. The fraction of sp³-hybridized carbons (Fsp3) is 0.300. The third-order valence-corrected chi connectivity index (χ3v) is 1.61. The van der Waals surface area contributed by atoms with Crippen LogP contribution in [0.2, 0.25) is 0 Å². The molecular formula is C10H15N3. The van der Waals surface area contributed by atoms with Crippen molar-refractivity contribution in [2.24, 2.45) is 0 Å². The van der Waals surface area contributed by atoms with Crippen LogP contribution in [0.15, 0.2) is 30.5 Å². The minimum Gasteiger partial charge on any atom is -0.384 e. The Morgan fingerprint density at radius 2 is 2.31 bits per heavy atom. The molecule has 1 rings (SSSR count). The minimum absolute atomic E-state index is 0.551. The summed E-state index contributed by atoms with van der Waals surface area (Å²) in [5.41, 5.74) is 6.45. The van der Waals surface area contributed by atoms with Crippen molar-refractivity contribution in [2.45, 2.75) is 13.3 Å². The molecule has 3 heteroatoms. The molecule has 0 aliphatic rings. The third kappa shape index (κ3) is 3.60. The Kier molecular flexibility index (Phi) is 3.82. The van der Waals surface area contributed by atoms with E-state index in [1.54, 1.807) is 12.3 Å². The summed E-state index contributed by atoms with van der Waals surface area (Å²) in [6.45, 7) is 2.95. The van der Waals surface area contributed by atoms with Gasteiger partial charge >= 0.3 is 0 Å². The Balaban J connectivity index is 2.37. The number of nitrogens with two attached hydrogens (primary N) is 1. The van der Waals surface area contributed by atoms with Crippen molar-refractivity contribution in [1.29, 1.82) is 0 Å². The number of hydrogen-bond acceptors (Lipinski definition) is 3. The molecule has 1 aromatic rings. The zero-order valence-electron chi connectivity index (χ0n) is 7.83. The van der Waals surface area contributed by atoms with Crippen molar-refractivity contribution in [3.05, 3.63) is 30.5 Å². The van der Waals surface area contributed by atoms with Gasteiger partial charge in [0, 0.05) is 6.54 Å². The van der Waals surface area contributed by atoms with Crippen LogP contribution in [-0.4, -0.2) is 11.5 Å². The molecule has 0 bridgehead atoms. The summed E-state index contributed by atoms with van der Waals surface area (Å²) >= 11 is 0. The van der Waals surface area contributed by atoms with E-state index in [9.17, 15) is 0 Å². The van der Waals surface area contributed by atoms with Crippen molar-refractivity contribution in [1.82, 2.24) is 4.98 Å². The van der Waals surface area contributed by atoms with Gasteiger partial charge < -0.3 is 11.1 Å². The standard InChI is InChI=1S/C10H15N3/c1-2-3-4-7-12-9-5-6-10(11)13-8-9/h3-6,8,12H,2,7H2,1H3,(H2,11,13)/b4-3+. The molecule has 70 valence electrons. The molecule has 3 nitrogen and oxygen atoms in total. The SMILES string of the molecule is CC/C=C/CNc1ccc(N)nc1. The summed E-state index contributed by atoms with van der Waals surface area (Å²) in [4.78, 5) is 3.97. The monoisotopic (exact) mass is 177 g/mol. The lowest BCUT2D eigenvalue weighted by Gasteiger charge is -2.01. The normalized spacial score (nSPS) is 10.5. The van der Waals surface area contributed by atoms with Crippen LogP contribution >= 0.6 is 0 Å². The van der Waals surface area contributed by atoms with E-state index in [1.807, 2.05) is 6.07 Å². The molecule has 1 aromatic heterocycles. The molecule has 0 amide bonds. The van der Waals surface area contributed by atoms with E-state index in [4.69, 9.17) is 5.73 Å². The molecule has 0 aromatic carbocycles. The molecule has 0 aliphatic carbocycles. The highest BCUT2D eigenvalue weighted by molar-refractivity contribution is 5.45. The van der Waals surface area contributed by atoms with E-state index in [1.165, 1.54) is 0 Å². The van der Waals surface area contributed by atoms with Gasteiger partial charge in [0.2, 0.25) is 0 Å². The average molecular weight is 177 g/mol. The molecule has 0 aliphatic heterocycles. The van der Waals surface area contributed by atoms with Gasteiger partial charge in [-0.3, -0.25) is 0 Å². The number of nitrogens with one attached hydrogen (secondary N) is 1. The van der Waals surface area contributed by atoms with Crippen LogP contribution in [0.4, 0.5) is 11.5 Å². The van der Waals surface area contributed by atoms with Crippen LogP contribution in [0.25, 0.3) is 0 Å². The fourth-order valence-corrected chi connectivity index (χ4v) is 0.937. The van der Waals surface area contributed by atoms with Crippen molar-refractivity contribution in [3.8, 4) is 0 Å². The van der Waals surface area contributed by atoms with Crippen LogP contribution in [-0.2, 0) is 0 Å². The number of nitrogen functional groups attached to an aromatic ring is 1. The Morgan fingerprint density at radius 3 is 2.92 bits per heavy atom. The zero-order valence-corrected chi connectivity index (χ0v) is 7.83. The van der Waals surface area contributed by atoms with Crippen LogP contribution < -0.4 is 11.1 Å². The van der Waals surface area contributed by atoms with Gasteiger partial charge in [-0.1, -0.05) is 19.1 Å². The van der Waals surface area contributed by atoms with Gasteiger partial charge in [0.05, 0.1) is 11.9 Å². The summed E-state index contributed by atoms with van der Waals surface area (Å²) in [6, 6.07) is 3.70. The lowest BCUT2D eigenvalue weighted by Crippen LogP contribution is -1.99. The van der Waals surface area contributed by atoms with E-state index in [2.05, 4.69) is 29.4 Å². The van der Waals surface area contributed by atoms with Gasteiger partial charge in [-0.2, -0.15) is 0 Å². The summed E-state index contributed by atoms with van der Waals surface area (Å²) in [6.07, 6.45) is 7.02. The first kappa shape index (κ1) is 9.58. The Labute approximate surface area is 78.7 Å². The third-order valence-electron chi connectivity index (χ3n) is 1.61. The highest BCUT2D eigenvalue weighted by Crippen LogP contribution is 2.05. The second-order valence-corrected chi connectivity index (χ2v) is 2.73. The molecule has 3 N–H and O–H groups in total. The highest BCUT2D eigenvalue weighted by atomic mass is 14.9. The number of aromatic nitrogens is 1. The van der Waals surface area contributed by atoms with Gasteiger partial charge in [-0.15, -0.1) is 0 Å². The Bertz CT molecular complexity index is 264. The average Bonchev–Trinajstić information content (AvgIpc) is 2.15. The smallest absolute Gasteiger partial charge is 0.123 e. The summed E-state index contributed by atoms with van der Waals surface area (Å²) < 4.78 is 0. The first-order valence-electron chi connectivity index (χ1n) is 4.43. The van der Waals surface area contributed by atoms with E-state index in [-0.39, 0.29) is 0 Å². The molecule has 13 heavy (non-hydrogen) atoms. The van der Waals surface area contributed by atoms with Crippen LogP contribution in [0.3, 0.4) is 0 Å². The lowest BCUT2D eigenvalue weighted by atomic mass is 10.4. The van der Waals surface area contributed by atoms with E-state index < -0.39 is 0 Å². The molecular weight excluding hydrogens is 162 g/mol. The van der Waals surface area contributed by atoms with Crippen LogP contribution in [0, 0.1) is 0 Å². The topological polar surface area (TPSA) is 50.9 Å². The number of allylic oxidation sites excluding steroid dienone is 1. The number of pyridine rings is 1. The molecule has 0 saturated carbocycles. The Hall–Kier alpha value is -1.51. The lowest BCUT2D eigenvalue weighted by molar-refractivity contribution is 1.19. The van der Waals surface area contributed by atoms with Crippen LogP contribution in [0.1, 0.15) is 13.3 Å². The van der Waals surface area contributed by atoms with Crippen molar-refractivity contribution < 1.29 is 0 Å². The first-order valence-corrected chi connectivity index (χ1v) is 4.43. The molecule has 0 atom stereocenters. The molecule has 0 saturated heterocycles. The number of anilines is 2. The minimum atomic E-state index is 0.551. The largest absolute Gasteiger partial charge is 0.384 e. The van der Waals surface area contributed by atoms with E-state index in [0.717, 1.165) is 18.7 Å². The van der Waals surface area contributed by atoms with Crippen LogP contribution in [0.5, 0.6) is 0 Å². The quantitative estimate of drug-likeness (QED) is 0.692. The molecule has 0 unspecified atom stereocenters. The maximum absolute atomic E-state index is 5.45. The molecule has 1 heterocycles. The molecule has 0 radical (unpaired) electrons. The van der Waals surface area contributed by atoms with Gasteiger partial charge in [-0.25, -0.2) is 4.98 Å². The van der Waals surface area contributed by atoms with Crippen molar-refractivity contribution >= 4 is 11.5 Å². The summed E-state index contributed by atoms with van der Waals surface area (Å²) in [5.74, 6) is 0.551.